The maximum atomic E-state index is 14.9. The molecule has 5 rings (SSSR count). The van der Waals surface area contributed by atoms with E-state index in [2.05, 4.69) is 21.7 Å². The number of aromatic amines is 1. The van der Waals surface area contributed by atoms with Crippen LogP contribution in [0.4, 0.5) is 4.39 Å². The summed E-state index contributed by atoms with van der Waals surface area (Å²) in [6.45, 7) is 6.67. The second-order valence-electron chi connectivity index (χ2n) is 11.9. The minimum Gasteiger partial charge on any atom is -0.466 e. The maximum absolute atomic E-state index is 14.9. The fourth-order valence-corrected chi connectivity index (χ4v) is 6.88. The number of halogens is 1. The summed E-state index contributed by atoms with van der Waals surface area (Å²) in [6.07, 6.45) is 3.42. The Hall–Kier alpha value is -3.56. The van der Waals surface area contributed by atoms with Crippen LogP contribution in [0, 0.1) is 11.7 Å². The highest BCUT2D eigenvalue weighted by Crippen LogP contribution is 2.57. The molecule has 1 fully saturated rings. The van der Waals surface area contributed by atoms with E-state index >= 15 is 0 Å². The molecular weight excluding hydrogens is 523 g/mol. The van der Waals surface area contributed by atoms with E-state index in [-0.39, 0.29) is 37.0 Å². The molecule has 41 heavy (non-hydrogen) atoms. The third kappa shape index (κ3) is 5.53. The van der Waals surface area contributed by atoms with Crippen molar-refractivity contribution in [3.63, 3.8) is 0 Å². The van der Waals surface area contributed by atoms with Crippen LogP contribution in [0.15, 0.2) is 48.7 Å². The number of ketones is 1. The molecule has 1 saturated heterocycles. The minimum absolute atomic E-state index is 0.0672. The Bertz CT molecular complexity index is 1450. The number of Topliss-reactive ketones (excluding diaryl/α,β-unsaturated/α-hetero) is 1. The first-order valence-electron chi connectivity index (χ1n) is 14.4. The number of H-pyrrole nitrogens is 1. The number of ether oxygens (including phenoxy) is 1. The van der Waals surface area contributed by atoms with E-state index in [4.69, 9.17) is 10.5 Å². The van der Waals surface area contributed by atoms with Gasteiger partial charge in [-0.1, -0.05) is 24.3 Å². The SMILES string of the molecule is CCOC(=O)C[C@@H]1c2ccccc2C2(CCNCC2)C1C(=O)[C@@H](Cc1c[nH]c2ccc(F)cc12)NC(=O)C(C)(C)N. The van der Waals surface area contributed by atoms with Gasteiger partial charge < -0.3 is 26.1 Å². The van der Waals surface area contributed by atoms with Crippen molar-refractivity contribution < 1.29 is 23.5 Å². The van der Waals surface area contributed by atoms with Gasteiger partial charge in [0.05, 0.1) is 24.6 Å². The van der Waals surface area contributed by atoms with Gasteiger partial charge in [0.15, 0.2) is 5.78 Å². The van der Waals surface area contributed by atoms with Gasteiger partial charge in [-0.25, -0.2) is 4.39 Å². The van der Waals surface area contributed by atoms with Crippen LogP contribution in [0.25, 0.3) is 10.9 Å². The molecule has 1 aliphatic heterocycles. The number of hydrogen-bond acceptors (Lipinski definition) is 6. The second kappa shape index (κ2) is 11.4. The first-order valence-corrected chi connectivity index (χ1v) is 14.4. The van der Waals surface area contributed by atoms with Crippen molar-refractivity contribution in [1.82, 2.24) is 15.6 Å². The molecule has 0 saturated carbocycles. The first kappa shape index (κ1) is 29.0. The summed E-state index contributed by atoms with van der Waals surface area (Å²) in [5, 5.41) is 7.01. The van der Waals surface area contributed by atoms with Crippen LogP contribution in [0.1, 0.15) is 62.6 Å². The molecule has 1 aromatic heterocycles. The summed E-state index contributed by atoms with van der Waals surface area (Å²) in [4.78, 5) is 44.2. The van der Waals surface area contributed by atoms with Crippen LogP contribution in [-0.4, -0.2) is 53.9 Å². The molecule has 1 aliphatic carbocycles. The molecule has 1 amide bonds. The summed E-state index contributed by atoms with van der Waals surface area (Å²) in [6, 6.07) is 11.5. The van der Waals surface area contributed by atoms with Gasteiger partial charge >= 0.3 is 5.97 Å². The highest BCUT2D eigenvalue weighted by atomic mass is 19.1. The molecule has 1 spiro atoms. The number of esters is 1. The zero-order valence-corrected chi connectivity index (χ0v) is 23.9. The molecule has 218 valence electrons. The standard InChI is InChI=1S/C32H39FN4O4/c1-4-41-27(38)17-23-21-7-5-6-8-24(21)32(11-13-35-14-12-32)28(23)29(39)26(37-30(40)31(2,3)34)15-19-18-36-25-10-9-20(33)16-22(19)25/h5-10,16,18,23,26,28,35-36H,4,11-15,17,34H2,1-3H3,(H,37,40)/t23-,26-,28?/m1/s1. The number of rotatable bonds is 9. The predicted molar refractivity (Wildman–Crippen MR) is 155 cm³/mol. The van der Waals surface area contributed by atoms with E-state index in [1.54, 1.807) is 33.0 Å². The summed E-state index contributed by atoms with van der Waals surface area (Å²) in [7, 11) is 0. The fraction of sp³-hybridized carbons (Fsp3) is 0.469. The molecule has 2 heterocycles. The summed E-state index contributed by atoms with van der Waals surface area (Å²) in [5.41, 5.74) is 7.96. The van der Waals surface area contributed by atoms with Crippen LogP contribution in [0.5, 0.6) is 0 Å². The number of carbonyl (C=O) groups is 3. The number of carbonyl (C=O) groups excluding carboxylic acids is 3. The number of piperidine rings is 1. The molecule has 3 atom stereocenters. The zero-order chi connectivity index (χ0) is 29.4. The predicted octanol–water partition coefficient (Wildman–Crippen LogP) is 3.63. The lowest BCUT2D eigenvalue weighted by Crippen LogP contribution is -2.57. The Morgan fingerprint density at radius 3 is 2.61 bits per heavy atom. The maximum Gasteiger partial charge on any atom is 0.306 e. The first-order chi connectivity index (χ1) is 19.5. The van der Waals surface area contributed by atoms with Crippen LogP contribution < -0.4 is 16.4 Å². The normalized spacial score (nSPS) is 20.5. The quantitative estimate of drug-likeness (QED) is 0.295. The van der Waals surface area contributed by atoms with Crippen molar-refractivity contribution in [2.24, 2.45) is 11.7 Å². The topological polar surface area (TPSA) is 126 Å². The highest BCUT2D eigenvalue weighted by Gasteiger charge is 2.56. The third-order valence-electron chi connectivity index (χ3n) is 8.78. The average Bonchev–Trinajstić information content (AvgIpc) is 3.44. The van der Waals surface area contributed by atoms with Gasteiger partial charge in [-0.3, -0.25) is 14.4 Å². The minimum atomic E-state index is -1.22. The summed E-state index contributed by atoms with van der Waals surface area (Å²) in [5.74, 6) is -2.32. The Morgan fingerprint density at radius 2 is 1.90 bits per heavy atom. The molecule has 1 unspecified atom stereocenters. The number of amides is 1. The molecule has 3 aromatic rings. The number of hydrogen-bond donors (Lipinski definition) is 4. The number of nitrogens with one attached hydrogen (secondary N) is 3. The van der Waals surface area contributed by atoms with Crippen LogP contribution in [0.2, 0.25) is 0 Å². The van der Waals surface area contributed by atoms with Crippen molar-refractivity contribution in [2.75, 3.05) is 19.7 Å². The van der Waals surface area contributed by atoms with E-state index in [0.717, 1.165) is 42.6 Å². The van der Waals surface area contributed by atoms with E-state index in [1.165, 1.54) is 12.1 Å². The monoisotopic (exact) mass is 562 g/mol. The Kier molecular flexibility index (Phi) is 8.03. The molecule has 2 aromatic carbocycles. The zero-order valence-electron chi connectivity index (χ0n) is 23.9. The van der Waals surface area contributed by atoms with Crippen LogP contribution in [-0.2, 0) is 31.0 Å². The number of fused-ring (bicyclic) bond motifs is 3. The Morgan fingerprint density at radius 1 is 1.17 bits per heavy atom. The molecule has 9 heteroatoms. The van der Waals surface area contributed by atoms with Crippen molar-refractivity contribution in [3.8, 4) is 0 Å². The van der Waals surface area contributed by atoms with Gasteiger partial charge in [0.2, 0.25) is 5.91 Å². The van der Waals surface area contributed by atoms with Crippen LogP contribution >= 0.6 is 0 Å². The lowest BCUT2D eigenvalue weighted by Gasteiger charge is -2.42. The fourth-order valence-electron chi connectivity index (χ4n) is 6.88. The number of aromatic nitrogens is 1. The second-order valence-corrected chi connectivity index (χ2v) is 11.9. The van der Waals surface area contributed by atoms with Crippen molar-refractivity contribution in [3.05, 3.63) is 71.2 Å². The van der Waals surface area contributed by atoms with Crippen molar-refractivity contribution >= 4 is 28.6 Å². The van der Waals surface area contributed by atoms with Gasteiger partial charge in [0.25, 0.3) is 0 Å². The lowest BCUT2D eigenvalue weighted by atomic mass is 9.64. The van der Waals surface area contributed by atoms with E-state index in [1.807, 2.05) is 18.2 Å². The van der Waals surface area contributed by atoms with Gasteiger partial charge in [-0.15, -0.1) is 0 Å². The summed E-state index contributed by atoms with van der Waals surface area (Å²) >= 11 is 0. The molecule has 5 N–H and O–H groups in total. The van der Waals surface area contributed by atoms with Crippen molar-refractivity contribution in [1.29, 1.82) is 0 Å². The van der Waals surface area contributed by atoms with E-state index in [9.17, 15) is 18.8 Å². The average molecular weight is 563 g/mol. The molecule has 0 bridgehead atoms. The Labute approximate surface area is 239 Å². The molecule has 0 radical (unpaired) electrons. The number of nitrogens with two attached hydrogens (primary N) is 1. The largest absolute Gasteiger partial charge is 0.466 e. The van der Waals surface area contributed by atoms with Crippen molar-refractivity contribution in [2.45, 2.75) is 69.4 Å². The molecular formula is C32H39FN4O4. The smallest absolute Gasteiger partial charge is 0.306 e. The summed E-state index contributed by atoms with van der Waals surface area (Å²) < 4.78 is 19.6. The molecule has 2 aliphatic rings. The third-order valence-corrected chi connectivity index (χ3v) is 8.78. The lowest BCUT2D eigenvalue weighted by molar-refractivity contribution is -0.144. The van der Waals surface area contributed by atoms with Gasteiger partial charge in [0.1, 0.15) is 5.82 Å². The van der Waals surface area contributed by atoms with E-state index in [0.29, 0.717) is 10.9 Å². The van der Waals surface area contributed by atoms with Crippen LogP contribution in [0.3, 0.4) is 0 Å². The molecule has 8 nitrogen and oxygen atoms in total. The Balaban J connectivity index is 1.60. The highest BCUT2D eigenvalue weighted by molar-refractivity contribution is 5.96. The van der Waals surface area contributed by atoms with E-state index < -0.39 is 34.7 Å². The number of benzene rings is 2. The van der Waals surface area contributed by atoms with Gasteiger partial charge in [-0.2, -0.15) is 0 Å². The van der Waals surface area contributed by atoms with Gasteiger partial charge in [0, 0.05) is 40.8 Å². The van der Waals surface area contributed by atoms with Gasteiger partial charge in [-0.05, 0) is 81.6 Å².